The number of aromatic hydroxyl groups is 1. The number of ether oxygens (including phenoxy) is 1. The van der Waals surface area contributed by atoms with Gasteiger partial charge in [0.05, 0.1) is 17.7 Å². The molecule has 1 rings (SSSR count). The lowest BCUT2D eigenvalue weighted by Gasteiger charge is -2.09. The van der Waals surface area contributed by atoms with E-state index in [1.807, 2.05) is 6.07 Å². The number of nitrogens with zero attached hydrogens (tertiary/aromatic N) is 1. The predicted octanol–water partition coefficient (Wildman–Crippen LogP) is 1.87. The summed E-state index contributed by atoms with van der Waals surface area (Å²) in [6.45, 7) is 3.49. The van der Waals surface area contributed by atoms with Crippen LogP contribution >= 0.6 is 0 Å². The Morgan fingerprint density at radius 2 is 2.27 bits per heavy atom. The van der Waals surface area contributed by atoms with Crippen molar-refractivity contribution in [2.75, 3.05) is 6.61 Å². The smallest absolute Gasteiger partial charge is 0.164 e. The number of carbonyl (C=O) groups is 1. The third-order valence-electron chi connectivity index (χ3n) is 1.86. The van der Waals surface area contributed by atoms with Crippen molar-refractivity contribution in [3.8, 4) is 17.6 Å². The normalized spacial score (nSPS) is 9.40. The fourth-order valence-corrected chi connectivity index (χ4v) is 1.32. The molecule has 0 saturated carbocycles. The number of ketones is 1. The lowest BCUT2D eigenvalue weighted by Crippen LogP contribution is -2.03. The molecule has 0 radical (unpaired) electrons. The highest BCUT2D eigenvalue weighted by molar-refractivity contribution is 5.99. The average molecular weight is 205 g/mol. The monoisotopic (exact) mass is 205 g/mol. The van der Waals surface area contributed by atoms with Crippen LogP contribution in [0, 0.1) is 11.3 Å². The van der Waals surface area contributed by atoms with Gasteiger partial charge < -0.3 is 9.84 Å². The van der Waals surface area contributed by atoms with Crippen LogP contribution in [0.1, 0.15) is 29.8 Å². The van der Waals surface area contributed by atoms with Gasteiger partial charge in [0, 0.05) is 6.07 Å². The summed E-state index contributed by atoms with van der Waals surface area (Å²) in [5.41, 5.74) is 0.350. The second-order valence-corrected chi connectivity index (χ2v) is 2.97. The maximum absolute atomic E-state index is 11.3. The molecule has 15 heavy (non-hydrogen) atoms. The first-order valence-corrected chi connectivity index (χ1v) is 4.51. The second kappa shape index (κ2) is 4.47. The molecule has 0 unspecified atom stereocenters. The number of phenolic OH excluding ortho intramolecular Hbond substituents is 1. The Hall–Kier alpha value is -2.02. The molecule has 0 aliphatic rings. The van der Waals surface area contributed by atoms with Gasteiger partial charge in [0.25, 0.3) is 0 Å². The maximum atomic E-state index is 11.3. The molecule has 1 aromatic carbocycles. The minimum Gasteiger partial charge on any atom is -0.508 e. The van der Waals surface area contributed by atoms with Crippen molar-refractivity contribution in [1.29, 1.82) is 5.26 Å². The minimum absolute atomic E-state index is 0.0833. The lowest BCUT2D eigenvalue weighted by atomic mass is 10.0. The summed E-state index contributed by atoms with van der Waals surface area (Å²) in [6.07, 6.45) is 0. The summed E-state index contributed by atoms with van der Waals surface area (Å²) in [6, 6.07) is 4.44. The summed E-state index contributed by atoms with van der Waals surface area (Å²) in [5, 5.41) is 18.1. The first-order valence-electron chi connectivity index (χ1n) is 4.51. The molecule has 0 saturated heterocycles. The highest BCUT2D eigenvalue weighted by atomic mass is 16.5. The zero-order valence-corrected chi connectivity index (χ0v) is 8.57. The number of hydrogen-bond donors (Lipinski definition) is 1. The summed E-state index contributed by atoms with van der Waals surface area (Å²) in [5.74, 6) is -0.0865. The Kier molecular flexibility index (Phi) is 3.29. The van der Waals surface area contributed by atoms with Crippen LogP contribution in [-0.2, 0) is 0 Å². The van der Waals surface area contributed by atoms with E-state index in [1.165, 1.54) is 19.1 Å². The van der Waals surface area contributed by atoms with Crippen LogP contribution in [0.15, 0.2) is 12.1 Å². The van der Waals surface area contributed by atoms with Crippen LogP contribution in [0.3, 0.4) is 0 Å². The first kappa shape index (κ1) is 11.1. The number of benzene rings is 1. The van der Waals surface area contributed by atoms with Gasteiger partial charge in [-0.15, -0.1) is 0 Å². The Bertz CT molecular complexity index is 432. The van der Waals surface area contributed by atoms with Crippen LogP contribution in [-0.4, -0.2) is 17.5 Å². The standard InChI is InChI=1S/C11H11NO3/c1-3-15-10-5-9(14)4-8(6-12)11(10)7(2)13/h4-5,14H,3H2,1-2H3. The highest BCUT2D eigenvalue weighted by Crippen LogP contribution is 2.28. The fraction of sp³-hybridized carbons (Fsp3) is 0.273. The number of hydrogen-bond acceptors (Lipinski definition) is 4. The highest BCUT2D eigenvalue weighted by Gasteiger charge is 2.15. The van der Waals surface area contributed by atoms with Gasteiger partial charge in [-0.25, -0.2) is 0 Å². The second-order valence-electron chi connectivity index (χ2n) is 2.97. The molecular weight excluding hydrogens is 194 g/mol. The van der Waals surface area contributed by atoms with Crippen LogP contribution in [0.4, 0.5) is 0 Å². The van der Waals surface area contributed by atoms with E-state index in [-0.39, 0.29) is 28.4 Å². The van der Waals surface area contributed by atoms with E-state index in [0.29, 0.717) is 6.61 Å². The lowest BCUT2D eigenvalue weighted by molar-refractivity contribution is 0.101. The molecule has 0 amide bonds. The SMILES string of the molecule is CCOc1cc(O)cc(C#N)c1C(C)=O. The van der Waals surface area contributed by atoms with Crippen molar-refractivity contribution in [2.45, 2.75) is 13.8 Å². The molecule has 1 aromatic rings. The number of rotatable bonds is 3. The first-order chi connectivity index (χ1) is 7.10. The van der Waals surface area contributed by atoms with Gasteiger partial charge in [-0.3, -0.25) is 4.79 Å². The Balaban J connectivity index is 3.41. The maximum Gasteiger partial charge on any atom is 0.164 e. The molecule has 0 fully saturated rings. The van der Waals surface area contributed by atoms with Gasteiger partial charge >= 0.3 is 0 Å². The van der Waals surface area contributed by atoms with Crippen molar-refractivity contribution in [3.05, 3.63) is 23.3 Å². The van der Waals surface area contributed by atoms with Crippen molar-refractivity contribution in [1.82, 2.24) is 0 Å². The number of Topliss-reactive ketones (excluding diaryl/α,β-unsaturated/α-hetero) is 1. The summed E-state index contributed by atoms with van der Waals surface area (Å²) >= 11 is 0. The zero-order chi connectivity index (χ0) is 11.4. The average Bonchev–Trinajstić information content (AvgIpc) is 2.16. The van der Waals surface area contributed by atoms with Gasteiger partial charge in [0.15, 0.2) is 5.78 Å². The molecule has 78 valence electrons. The largest absolute Gasteiger partial charge is 0.508 e. The van der Waals surface area contributed by atoms with Gasteiger partial charge in [-0.2, -0.15) is 5.26 Å². The van der Waals surface area contributed by atoms with Crippen LogP contribution in [0.25, 0.3) is 0 Å². The predicted molar refractivity (Wildman–Crippen MR) is 54.0 cm³/mol. The molecule has 4 heteroatoms. The van der Waals surface area contributed by atoms with Gasteiger partial charge in [-0.1, -0.05) is 0 Å². The molecule has 0 heterocycles. The molecule has 1 N–H and O–H groups in total. The van der Waals surface area contributed by atoms with Gasteiger partial charge in [-0.05, 0) is 19.9 Å². The van der Waals surface area contributed by atoms with Crippen LogP contribution in [0.2, 0.25) is 0 Å². The van der Waals surface area contributed by atoms with E-state index in [4.69, 9.17) is 10.00 Å². The zero-order valence-electron chi connectivity index (χ0n) is 8.57. The van der Waals surface area contributed by atoms with Crippen LogP contribution < -0.4 is 4.74 Å². The Morgan fingerprint density at radius 1 is 1.60 bits per heavy atom. The topological polar surface area (TPSA) is 70.3 Å². The molecule has 0 bridgehead atoms. The summed E-state index contributed by atoms with van der Waals surface area (Å²) in [7, 11) is 0. The molecule has 4 nitrogen and oxygen atoms in total. The van der Waals surface area contributed by atoms with E-state index in [2.05, 4.69) is 0 Å². The van der Waals surface area contributed by atoms with Crippen molar-refractivity contribution in [2.24, 2.45) is 0 Å². The van der Waals surface area contributed by atoms with E-state index in [1.54, 1.807) is 6.92 Å². The molecule has 0 aliphatic heterocycles. The number of carbonyl (C=O) groups excluding carboxylic acids is 1. The Labute approximate surface area is 87.7 Å². The van der Waals surface area contributed by atoms with Gasteiger partial charge in [0.2, 0.25) is 0 Å². The molecule has 0 atom stereocenters. The quantitative estimate of drug-likeness (QED) is 0.764. The minimum atomic E-state index is -0.255. The van der Waals surface area contributed by atoms with Crippen molar-refractivity contribution in [3.63, 3.8) is 0 Å². The summed E-state index contributed by atoms with van der Waals surface area (Å²) < 4.78 is 5.19. The number of phenols is 1. The molecular formula is C11H11NO3. The summed E-state index contributed by atoms with van der Waals surface area (Å²) in [4.78, 5) is 11.3. The molecule has 0 aromatic heterocycles. The molecule has 0 aliphatic carbocycles. The third-order valence-corrected chi connectivity index (χ3v) is 1.86. The fourth-order valence-electron chi connectivity index (χ4n) is 1.32. The van der Waals surface area contributed by atoms with E-state index in [0.717, 1.165) is 0 Å². The third kappa shape index (κ3) is 2.26. The van der Waals surface area contributed by atoms with E-state index >= 15 is 0 Å². The Morgan fingerprint density at radius 3 is 2.73 bits per heavy atom. The number of nitriles is 1. The molecule has 0 spiro atoms. The van der Waals surface area contributed by atoms with Gasteiger partial charge in [0.1, 0.15) is 17.6 Å². The van der Waals surface area contributed by atoms with E-state index in [9.17, 15) is 9.90 Å². The van der Waals surface area contributed by atoms with Crippen molar-refractivity contribution < 1.29 is 14.6 Å². The van der Waals surface area contributed by atoms with E-state index < -0.39 is 0 Å². The van der Waals surface area contributed by atoms with Crippen LogP contribution in [0.5, 0.6) is 11.5 Å². The van der Waals surface area contributed by atoms with Crippen molar-refractivity contribution >= 4 is 5.78 Å².